The maximum absolute atomic E-state index is 13.4. The van der Waals surface area contributed by atoms with Crippen molar-refractivity contribution in [3.05, 3.63) is 84.2 Å². The summed E-state index contributed by atoms with van der Waals surface area (Å²) in [7, 11) is 0. The van der Waals surface area contributed by atoms with Crippen LogP contribution in [0.5, 0.6) is 0 Å². The first-order valence-electron chi connectivity index (χ1n) is 12.3. The van der Waals surface area contributed by atoms with Gasteiger partial charge in [0.25, 0.3) is 5.91 Å². The molecule has 0 spiro atoms. The van der Waals surface area contributed by atoms with Crippen molar-refractivity contribution in [3.8, 4) is 11.1 Å². The minimum atomic E-state index is -0.691. The number of nitrogens with one attached hydrogen (secondary N) is 2. The second kappa shape index (κ2) is 14.3. The van der Waals surface area contributed by atoms with E-state index in [1.54, 1.807) is 24.0 Å². The van der Waals surface area contributed by atoms with Gasteiger partial charge in [-0.1, -0.05) is 50.2 Å². The maximum Gasteiger partial charge on any atom is 0.328 e. The fourth-order valence-corrected chi connectivity index (χ4v) is 4.10. The van der Waals surface area contributed by atoms with Crippen molar-refractivity contribution in [1.82, 2.24) is 10.3 Å². The lowest BCUT2D eigenvalue weighted by atomic mass is 9.98. The van der Waals surface area contributed by atoms with Gasteiger partial charge in [-0.25, -0.2) is 4.79 Å². The Kier molecular flexibility index (Phi) is 10.8. The number of anilines is 1. The van der Waals surface area contributed by atoms with E-state index in [1.165, 1.54) is 0 Å². The van der Waals surface area contributed by atoms with E-state index in [-0.39, 0.29) is 11.9 Å². The number of carbonyl (C=O) groups is 2. The van der Waals surface area contributed by atoms with Crippen molar-refractivity contribution in [2.24, 2.45) is 5.92 Å². The van der Waals surface area contributed by atoms with E-state index in [9.17, 15) is 9.59 Å². The number of carbonyl (C=O) groups excluding carboxylic acids is 2. The van der Waals surface area contributed by atoms with Crippen molar-refractivity contribution in [1.29, 1.82) is 0 Å². The van der Waals surface area contributed by atoms with Gasteiger partial charge in [0.1, 0.15) is 6.04 Å². The third-order valence-electron chi connectivity index (χ3n) is 5.71. The molecule has 0 bridgehead atoms. The zero-order valence-electron chi connectivity index (χ0n) is 21.2. The predicted molar refractivity (Wildman–Crippen MR) is 148 cm³/mol. The summed E-state index contributed by atoms with van der Waals surface area (Å²) in [5, 5.41) is 6.35. The summed E-state index contributed by atoms with van der Waals surface area (Å²) in [4.78, 5) is 30.4. The van der Waals surface area contributed by atoms with Crippen LogP contribution in [0.25, 0.3) is 11.1 Å². The predicted octanol–water partition coefficient (Wildman–Crippen LogP) is 5.80. The van der Waals surface area contributed by atoms with E-state index < -0.39 is 6.04 Å². The minimum absolute atomic E-state index is 0.292. The summed E-state index contributed by atoms with van der Waals surface area (Å²) in [6, 6.07) is 18.7. The van der Waals surface area contributed by atoms with Crippen LogP contribution in [-0.2, 0) is 16.1 Å². The summed E-state index contributed by atoms with van der Waals surface area (Å²) in [5.41, 5.74) is 4.18. The molecule has 0 fully saturated rings. The lowest BCUT2D eigenvalue weighted by Gasteiger charge is -2.19. The summed E-state index contributed by atoms with van der Waals surface area (Å²) < 4.78 is 5.48. The normalized spacial score (nSPS) is 11.7. The third-order valence-corrected chi connectivity index (χ3v) is 6.35. The number of hydrogen-bond donors (Lipinski definition) is 2. The topological polar surface area (TPSA) is 80.3 Å². The number of ether oxygens (including phenoxy) is 1. The molecule has 0 aliphatic heterocycles. The van der Waals surface area contributed by atoms with Gasteiger partial charge in [0.2, 0.25) is 0 Å². The Morgan fingerprint density at radius 2 is 1.83 bits per heavy atom. The number of aromatic nitrogens is 1. The first kappa shape index (κ1) is 27.3. The minimum Gasteiger partial charge on any atom is -0.464 e. The van der Waals surface area contributed by atoms with E-state index in [1.807, 2.05) is 67.0 Å². The lowest BCUT2D eigenvalue weighted by Crippen LogP contribution is -2.42. The fraction of sp³-hybridized carbons (Fsp3) is 0.345. The van der Waals surface area contributed by atoms with E-state index in [4.69, 9.17) is 4.74 Å². The second-order valence-electron chi connectivity index (χ2n) is 9.00. The second-order valence-corrected chi connectivity index (χ2v) is 9.98. The molecule has 1 aromatic heterocycles. The van der Waals surface area contributed by atoms with Gasteiger partial charge in [-0.2, -0.15) is 11.8 Å². The highest BCUT2D eigenvalue weighted by Gasteiger charge is 2.24. The van der Waals surface area contributed by atoms with Crippen molar-refractivity contribution in [2.45, 2.75) is 39.3 Å². The number of esters is 1. The van der Waals surface area contributed by atoms with Crippen LogP contribution in [0.1, 0.15) is 42.6 Å². The van der Waals surface area contributed by atoms with E-state index in [0.29, 0.717) is 31.1 Å². The zero-order valence-corrected chi connectivity index (χ0v) is 22.0. The van der Waals surface area contributed by atoms with Crippen LogP contribution < -0.4 is 10.6 Å². The van der Waals surface area contributed by atoms with E-state index >= 15 is 0 Å². The molecule has 1 heterocycles. The van der Waals surface area contributed by atoms with Crippen LogP contribution in [0.15, 0.2) is 73.1 Å². The number of rotatable bonds is 13. The van der Waals surface area contributed by atoms with Gasteiger partial charge < -0.3 is 15.4 Å². The molecule has 0 saturated heterocycles. The van der Waals surface area contributed by atoms with E-state index in [0.717, 1.165) is 34.6 Å². The Morgan fingerprint density at radius 1 is 1.03 bits per heavy atom. The van der Waals surface area contributed by atoms with E-state index in [2.05, 4.69) is 29.5 Å². The molecule has 0 unspecified atom stereocenters. The zero-order chi connectivity index (χ0) is 25.8. The van der Waals surface area contributed by atoms with Crippen LogP contribution in [0.2, 0.25) is 0 Å². The Morgan fingerprint density at radius 3 is 2.53 bits per heavy atom. The molecule has 2 N–H and O–H groups in total. The van der Waals surface area contributed by atoms with Gasteiger partial charge in [-0.3, -0.25) is 9.78 Å². The number of amides is 1. The number of thioether (sulfide) groups is 1. The molecule has 0 saturated carbocycles. The summed E-state index contributed by atoms with van der Waals surface area (Å²) in [6.07, 6.45) is 6.85. The molecule has 190 valence electrons. The van der Waals surface area contributed by atoms with Gasteiger partial charge in [-0.15, -0.1) is 0 Å². The summed E-state index contributed by atoms with van der Waals surface area (Å²) >= 11 is 1.63. The Balaban J connectivity index is 1.81. The molecular formula is C29H35N3O3S. The molecule has 0 aliphatic rings. The number of benzene rings is 2. The molecular weight excluding hydrogens is 470 g/mol. The molecule has 7 heteroatoms. The van der Waals surface area contributed by atoms with Crippen LogP contribution in [0, 0.1) is 5.92 Å². The molecule has 3 aromatic rings. The van der Waals surface area contributed by atoms with Crippen LogP contribution >= 0.6 is 11.8 Å². The van der Waals surface area contributed by atoms with Crippen LogP contribution in [-0.4, -0.2) is 41.5 Å². The van der Waals surface area contributed by atoms with Gasteiger partial charge in [0, 0.05) is 30.2 Å². The van der Waals surface area contributed by atoms with Crippen molar-refractivity contribution in [3.63, 3.8) is 0 Å². The fourth-order valence-electron chi connectivity index (χ4n) is 3.63. The number of hydrogen-bond acceptors (Lipinski definition) is 6. The molecule has 36 heavy (non-hydrogen) atoms. The quantitative estimate of drug-likeness (QED) is 0.286. The summed E-state index contributed by atoms with van der Waals surface area (Å²) in [6.45, 7) is 5.14. The molecule has 0 radical (unpaired) electrons. The van der Waals surface area contributed by atoms with Gasteiger partial charge in [0.15, 0.2) is 0 Å². The maximum atomic E-state index is 13.4. The van der Waals surface area contributed by atoms with Crippen molar-refractivity contribution in [2.75, 3.05) is 23.9 Å². The molecule has 0 aliphatic carbocycles. The lowest BCUT2D eigenvalue weighted by molar-refractivity contribution is -0.146. The highest BCUT2D eigenvalue weighted by Crippen LogP contribution is 2.28. The average Bonchev–Trinajstić information content (AvgIpc) is 2.90. The highest BCUT2D eigenvalue weighted by molar-refractivity contribution is 7.98. The summed E-state index contributed by atoms with van der Waals surface area (Å²) in [5.74, 6) is 0.511. The Bertz CT molecular complexity index is 1110. The van der Waals surface area contributed by atoms with Gasteiger partial charge in [-0.05, 0) is 71.7 Å². The van der Waals surface area contributed by atoms with Crippen LogP contribution in [0.3, 0.4) is 0 Å². The van der Waals surface area contributed by atoms with Crippen molar-refractivity contribution >= 4 is 29.3 Å². The largest absolute Gasteiger partial charge is 0.464 e. The molecule has 1 atom stereocenters. The number of pyridine rings is 1. The molecule has 6 nitrogen and oxygen atoms in total. The van der Waals surface area contributed by atoms with Gasteiger partial charge >= 0.3 is 5.97 Å². The third kappa shape index (κ3) is 8.41. The number of nitrogens with zero attached hydrogens (tertiary/aromatic N) is 1. The SMILES string of the molecule is CSCC[C@H](NC(=O)c1ccc(NCc2cccnc2)cc1-c1ccccc1)C(=O)OCCC(C)C. The monoisotopic (exact) mass is 505 g/mol. The van der Waals surface area contributed by atoms with Crippen LogP contribution in [0.4, 0.5) is 5.69 Å². The first-order chi connectivity index (χ1) is 17.5. The molecule has 1 amide bonds. The smallest absolute Gasteiger partial charge is 0.328 e. The first-order valence-corrected chi connectivity index (χ1v) is 13.7. The Labute approximate surface area is 218 Å². The van der Waals surface area contributed by atoms with Gasteiger partial charge in [0.05, 0.1) is 6.61 Å². The standard InChI is InChI=1S/C29H35N3O3S/c1-21(2)13-16-35-29(34)27(14-17-36-3)32-28(33)25-12-11-24(31-20-22-8-7-15-30-19-22)18-26(25)23-9-5-4-6-10-23/h4-12,15,18-19,21,27,31H,13-14,16-17,20H2,1-3H3,(H,32,33)/t27-/m0/s1. The average molecular weight is 506 g/mol. The highest BCUT2D eigenvalue weighted by atomic mass is 32.2. The Hall–Kier alpha value is -3.32. The molecule has 2 aromatic carbocycles. The van der Waals surface area contributed by atoms with Crippen molar-refractivity contribution < 1.29 is 14.3 Å². The molecule has 3 rings (SSSR count).